The number of aromatic hydroxyl groups is 1. The number of phenols is 1. The molecule has 0 aromatic heterocycles. The number of phenolic OH excluding ortho intramolecular Hbond substituents is 1. The fraction of sp³-hybridized carbons (Fsp3) is 0.625. The van der Waals surface area contributed by atoms with Gasteiger partial charge in [0.2, 0.25) is 0 Å². The maximum absolute atomic E-state index is 9.91. The average Bonchev–Trinajstić information content (AvgIpc) is 2.30. The van der Waals surface area contributed by atoms with Crippen LogP contribution in [-0.4, -0.2) is 5.11 Å². The van der Waals surface area contributed by atoms with Crippen LogP contribution in [0.2, 0.25) is 0 Å². The highest BCUT2D eigenvalue weighted by atomic mass is 16.3. The normalized spacial score (nSPS) is 11.8. The van der Waals surface area contributed by atoms with Crippen molar-refractivity contribution in [3.8, 4) is 5.75 Å². The SMILES string of the molecule is CCCCc1cc(C)c(O)cc1C(C)(C)CC. The van der Waals surface area contributed by atoms with Gasteiger partial charge in [0.05, 0.1) is 0 Å². The second kappa shape index (κ2) is 5.57. The number of hydrogen-bond donors (Lipinski definition) is 1. The quantitative estimate of drug-likeness (QED) is 0.780. The molecule has 1 heteroatoms. The van der Waals surface area contributed by atoms with E-state index in [4.69, 9.17) is 0 Å². The van der Waals surface area contributed by atoms with Crippen LogP contribution in [-0.2, 0) is 11.8 Å². The van der Waals surface area contributed by atoms with Crippen LogP contribution in [0.5, 0.6) is 5.75 Å². The third-order valence-corrected chi connectivity index (χ3v) is 3.83. The lowest BCUT2D eigenvalue weighted by molar-refractivity contribution is 0.458. The first-order chi connectivity index (χ1) is 7.92. The van der Waals surface area contributed by atoms with Crippen LogP contribution in [0.4, 0.5) is 0 Å². The van der Waals surface area contributed by atoms with Crippen LogP contribution in [0.3, 0.4) is 0 Å². The van der Waals surface area contributed by atoms with Gasteiger partial charge >= 0.3 is 0 Å². The zero-order chi connectivity index (χ0) is 13.1. The van der Waals surface area contributed by atoms with E-state index in [0.717, 1.165) is 18.4 Å². The Labute approximate surface area is 106 Å². The van der Waals surface area contributed by atoms with Crippen molar-refractivity contribution in [1.29, 1.82) is 0 Å². The molecule has 1 aromatic carbocycles. The van der Waals surface area contributed by atoms with Crippen molar-refractivity contribution >= 4 is 0 Å². The van der Waals surface area contributed by atoms with Crippen LogP contribution in [0.1, 0.15) is 63.6 Å². The van der Waals surface area contributed by atoms with E-state index in [-0.39, 0.29) is 5.41 Å². The molecule has 0 amide bonds. The third kappa shape index (κ3) is 3.24. The van der Waals surface area contributed by atoms with E-state index in [2.05, 4.69) is 33.8 Å². The van der Waals surface area contributed by atoms with Gasteiger partial charge in [0, 0.05) is 0 Å². The molecule has 0 saturated heterocycles. The molecule has 0 radical (unpaired) electrons. The first-order valence-corrected chi connectivity index (χ1v) is 6.75. The molecule has 0 atom stereocenters. The highest BCUT2D eigenvalue weighted by Gasteiger charge is 2.22. The minimum atomic E-state index is 0.147. The van der Waals surface area contributed by atoms with Crippen molar-refractivity contribution in [1.82, 2.24) is 0 Å². The lowest BCUT2D eigenvalue weighted by atomic mass is 9.78. The summed E-state index contributed by atoms with van der Waals surface area (Å²) >= 11 is 0. The van der Waals surface area contributed by atoms with Gasteiger partial charge in [0.25, 0.3) is 0 Å². The van der Waals surface area contributed by atoms with Crippen LogP contribution in [0, 0.1) is 6.92 Å². The highest BCUT2D eigenvalue weighted by Crippen LogP contribution is 2.34. The van der Waals surface area contributed by atoms with E-state index in [1.165, 1.54) is 24.0 Å². The lowest BCUT2D eigenvalue weighted by Gasteiger charge is -2.27. The molecular weight excluding hydrogens is 208 g/mol. The first kappa shape index (κ1) is 14.1. The Kier molecular flexibility index (Phi) is 4.62. The van der Waals surface area contributed by atoms with E-state index < -0.39 is 0 Å². The monoisotopic (exact) mass is 234 g/mol. The second-order valence-electron chi connectivity index (χ2n) is 5.64. The fourth-order valence-electron chi connectivity index (χ4n) is 2.15. The van der Waals surface area contributed by atoms with Crippen molar-refractivity contribution in [2.45, 2.75) is 65.7 Å². The number of benzene rings is 1. The number of aryl methyl sites for hydroxylation is 2. The van der Waals surface area contributed by atoms with Gasteiger partial charge in [-0.3, -0.25) is 0 Å². The lowest BCUT2D eigenvalue weighted by Crippen LogP contribution is -2.18. The Morgan fingerprint density at radius 2 is 1.82 bits per heavy atom. The smallest absolute Gasteiger partial charge is 0.118 e. The Morgan fingerprint density at radius 3 is 2.35 bits per heavy atom. The largest absolute Gasteiger partial charge is 0.508 e. The molecule has 0 aliphatic rings. The van der Waals surface area contributed by atoms with Crippen molar-refractivity contribution < 1.29 is 5.11 Å². The summed E-state index contributed by atoms with van der Waals surface area (Å²) in [6.45, 7) is 10.9. The molecule has 0 aliphatic heterocycles. The molecule has 1 aromatic rings. The van der Waals surface area contributed by atoms with Gasteiger partial charge in [-0.1, -0.05) is 40.2 Å². The van der Waals surface area contributed by atoms with Gasteiger partial charge in [-0.2, -0.15) is 0 Å². The van der Waals surface area contributed by atoms with E-state index in [0.29, 0.717) is 5.75 Å². The molecule has 0 fully saturated rings. The minimum absolute atomic E-state index is 0.147. The minimum Gasteiger partial charge on any atom is -0.508 e. The summed E-state index contributed by atoms with van der Waals surface area (Å²) in [5, 5.41) is 9.91. The number of unbranched alkanes of at least 4 members (excludes halogenated alkanes) is 1. The molecule has 17 heavy (non-hydrogen) atoms. The molecule has 1 N–H and O–H groups in total. The van der Waals surface area contributed by atoms with E-state index in [1.54, 1.807) is 0 Å². The van der Waals surface area contributed by atoms with Crippen molar-refractivity contribution in [2.75, 3.05) is 0 Å². The average molecular weight is 234 g/mol. The molecule has 96 valence electrons. The van der Waals surface area contributed by atoms with E-state index in [1.807, 2.05) is 13.0 Å². The van der Waals surface area contributed by atoms with Crippen molar-refractivity contribution in [2.24, 2.45) is 0 Å². The molecule has 0 bridgehead atoms. The van der Waals surface area contributed by atoms with Crippen molar-refractivity contribution in [3.05, 3.63) is 28.8 Å². The van der Waals surface area contributed by atoms with Gasteiger partial charge in [-0.25, -0.2) is 0 Å². The molecule has 0 spiro atoms. The van der Waals surface area contributed by atoms with Gasteiger partial charge in [0.1, 0.15) is 5.75 Å². The summed E-state index contributed by atoms with van der Waals surface area (Å²) < 4.78 is 0. The van der Waals surface area contributed by atoms with Crippen LogP contribution >= 0.6 is 0 Å². The summed E-state index contributed by atoms with van der Waals surface area (Å²) in [4.78, 5) is 0. The molecule has 0 saturated carbocycles. The third-order valence-electron chi connectivity index (χ3n) is 3.83. The molecule has 1 nitrogen and oxygen atoms in total. The summed E-state index contributed by atoms with van der Waals surface area (Å²) in [6.07, 6.45) is 4.65. The zero-order valence-corrected chi connectivity index (χ0v) is 11.9. The summed E-state index contributed by atoms with van der Waals surface area (Å²) in [5.74, 6) is 0.432. The van der Waals surface area contributed by atoms with Crippen LogP contribution in [0.15, 0.2) is 12.1 Å². The van der Waals surface area contributed by atoms with Crippen molar-refractivity contribution in [3.63, 3.8) is 0 Å². The summed E-state index contributed by atoms with van der Waals surface area (Å²) in [5.41, 5.74) is 3.87. The molecule has 0 unspecified atom stereocenters. The van der Waals surface area contributed by atoms with E-state index >= 15 is 0 Å². The van der Waals surface area contributed by atoms with Gasteiger partial charge in [-0.15, -0.1) is 0 Å². The first-order valence-electron chi connectivity index (χ1n) is 6.75. The van der Waals surface area contributed by atoms with Crippen LogP contribution < -0.4 is 0 Å². The molecular formula is C16H26O. The predicted octanol–water partition coefficient (Wildman–Crippen LogP) is 4.73. The standard InChI is InChI=1S/C16H26O/c1-6-8-9-13-10-12(3)15(17)11-14(13)16(4,5)7-2/h10-11,17H,6-9H2,1-5H3. The number of rotatable bonds is 5. The second-order valence-corrected chi connectivity index (χ2v) is 5.64. The van der Waals surface area contributed by atoms with Gasteiger partial charge < -0.3 is 5.11 Å². The molecule has 0 aliphatic carbocycles. The predicted molar refractivity (Wildman–Crippen MR) is 74.8 cm³/mol. The summed E-state index contributed by atoms with van der Waals surface area (Å²) in [6, 6.07) is 4.14. The van der Waals surface area contributed by atoms with Gasteiger partial charge in [-0.05, 0) is 54.4 Å². The van der Waals surface area contributed by atoms with Gasteiger partial charge in [0.15, 0.2) is 0 Å². The Morgan fingerprint density at radius 1 is 1.18 bits per heavy atom. The Balaban J connectivity index is 3.20. The van der Waals surface area contributed by atoms with E-state index in [9.17, 15) is 5.11 Å². The molecule has 0 heterocycles. The maximum Gasteiger partial charge on any atom is 0.118 e. The molecule has 1 rings (SSSR count). The maximum atomic E-state index is 9.91. The van der Waals surface area contributed by atoms with Crippen LogP contribution in [0.25, 0.3) is 0 Å². The summed E-state index contributed by atoms with van der Waals surface area (Å²) in [7, 11) is 0. The Hall–Kier alpha value is -0.980. The Bertz CT molecular complexity index is 377. The zero-order valence-electron chi connectivity index (χ0n) is 11.9. The number of hydrogen-bond acceptors (Lipinski definition) is 1. The highest BCUT2D eigenvalue weighted by molar-refractivity contribution is 5.44. The fourth-order valence-corrected chi connectivity index (χ4v) is 2.15. The topological polar surface area (TPSA) is 20.2 Å².